The summed E-state index contributed by atoms with van der Waals surface area (Å²) in [7, 11) is 1.63. The van der Waals surface area contributed by atoms with Crippen molar-refractivity contribution < 1.29 is 13.9 Å². The fraction of sp³-hybridized carbons (Fsp3) is 0.400. The van der Waals surface area contributed by atoms with Crippen LogP contribution in [0.1, 0.15) is 29.0 Å². The van der Waals surface area contributed by atoms with E-state index in [1.807, 2.05) is 41.8 Å². The van der Waals surface area contributed by atoms with Crippen LogP contribution in [-0.2, 0) is 22.5 Å². The van der Waals surface area contributed by atoms with Crippen LogP contribution in [0.2, 0.25) is 0 Å². The highest BCUT2D eigenvalue weighted by Crippen LogP contribution is 2.32. The summed E-state index contributed by atoms with van der Waals surface area (Å²) in [5.74, 6) is 2.44. The predicted octanol–water partition coefficient (Wildman–Crippen LogP) is 2.32. The van der Waals surface area contributed by atoms with E-state index >= 15 is 0 Å². The molecule has 1 aliphatic rings. The fourth-order valence-corrected chi connectivity index (χ4v) is 3.63. The van der Waals surface area contributed by atoms with Gasteiger partial charge < -0.3 is 14.1 Å². The molecule has 0 N–H and O–H groups in total. The average molecular weight is 381 g/mol. The molecule has 1 aromatic carbocycles. The lowest BCUT2D eigenvalue weighted by Crippen LogP contribution is -2.45. The fourth-order valence-electron chi connectivity index (χ4n) is 3.63. The highest BCUT2D eigenvalue weighted by Gasteiger charge is 2.37. The number of carbonyl (C=O) groups excluding carboxylic acids is 1. The second-order valence-electron chi connectivity index (χ2n) is 6.92. The van der Waals surface area contributed by atoms with Crippen molar-refractivity contribution in [3.05, 3.63) is 53.3 Å². The molecule has 0 aliphatic carbocycles. The van der Waals surface area contributed by atoms with E-state index < -0.39 is 6.04 Å². The second-order valence-corrected chi connectivity index (χ2v) is 6.92. The molecule has 4 rings (SSSR count). The van der Waals surface area contributed by atoms with Crippen molar-refractivity contribution in [3.63, 3.8) is 0 Å². The Morgan fingerprint density at radius 1 is 1.21 bits per heavy atom. The van der Waals surface area contributed by atoms with E-state index in [-0.39, 0.29) is 5.91 Å². The molecule has 0 unspecified atom stereocenters. The lowest BCUT2D eigenvalue weighted by Gasteiger charge is -2.33. The average Bonchev–Trinajstić information content (AvgIpc) is 3.25. The highest BCUT2D eigenvalue weighted by atomic mass is 16.5. The quantitative estimate of drug-likeness (QED) is 0.651. The van der Waals surface area contributed by atoms with Crippen LogP contribution in [0.5, 0.6) is 0 Å². The van der Waals surface area contributed by atoms with Crippen molar-refractivity contribution in [1.29, 1.82) is 0 Å². The summed E-state index contributed by atoms with van der Waals surface area (Å²) in [4.78, 5) is 19.4. The Bertz CT molecular complexity index is 979. The molecule has 2 aromatic heterocycles. The van der Waals surface area contributed by atoms with Gasteiger partial charge in [-0.25, -0.2) is 4.98 Å². The molecule has 1 amide bonds. The number of nitrogens with zero attached hydrogens (tertiary/aromatic N) is 5. The van der Waals surface area contributed by atoms with Gasteiger partial charge in [-0.2, -0.15) is 0 Å². The number of aromatic nitrogens is 4. The molecule has 3 aromatic rings. The number of aryl methyl sites for hydroxylation is 2. The lowest BCUT2D eigenvalue weighted by atomic mass is 10.0. The van der Waals surface area contributed by atoms with Crippen LogP contribution in [0.3, 0.4) is 0 Å². The summed E-state index contributed by atoms with van der Waals surface area (Å²) in [5, 5.41) is 8.71. The molecule has 3 heterocycles. The molecule has 0 bridgehead atoms. The lowest BCUT2D eigenvalue weighted by molar-refractivity contribution is -0.138. The molecule has 0 fully saturated rings. The Morgan fingerprint density at radius 2 is 2.00 bits per heavy atom. The van der Waals surface area contributed by atoms with Gasteiger partial charge in [0, 0.05) is 27.0 Å². The Labute approximate surface area is 163 Å². The smallest absolute Gasteiger partial charge is 0.246 e. The number of hydrogen-bond donors (Lipinski definition) is 0. The monoisotopic (exact) mass is 381 g/mol. The molecule has 28 heavy (non-hydrogen) atoms. The number of ether oxygens (including phenoxy) is 1. The first kappa shape index (κ1) is 18.4. The van der Waals surface area contributed by atoms with Gasteiger partial charge in [-0.05, 0) is 12.5 Å². The highest BCUT2D eigenvalue weighted by molar-refractivity contribution is 5.82. The van der Waals surface area contributed by atoms with Gasteiger partial charge in [0.05, 0.1) is 18.8 Å². The van der Waals surface area contributed by atoms with Gasteiger partial charge in [-0.15, -0.1) is 10.2 Å². The summed E-state index contributed by atoms with van der Waals surface area (Å²) in [6, 6.07) is 9.52. The number of rotatable bonds is 6. The molecule has 0 saturated heterocycles. The van der Waals surface area contributed by atoms with Gasteiger partial charge in [0.15, 0.2) is 17.5 Å². The molecule has 0 saturated carbocycles. The minimum atomic E-state index is -0.446. The van der Waals surface area contributed by atoms with Crippen LogP contribution < -0.4 is 0 Å². The predicted molar refractivity (Wildman–Crippen MR) is 101 cm³/mol. The zero-order chi connectivity index (χ0) is 19.7. The van der Waals surface area contributed by atoms with E-state index in [2.05, 4.69) is 15.2 Å². The summed E-state index contributed by atoms with van der Waals surface area (Å²) < 4.78 is 12.8. The molecule has 8 heteroatoms. The minimum absolute atomic E-state index is 0.0309. The number of carbonyl (C=O) groups is 1. The topological polar surface area (TPSA) is 86.3 Å². The van der Waals surface area contributed by atoms with Crippen LogP contribution in [-0.4, -0.2) is 50.8 Å². The maximum Gasteiger partial charge on any atom is 0.246 e. The SMILES string of the molecule is COCCN1Cc2nnc(-c3oc(C)nc3C)n2[C@H](Cc2ccccc2)C1=O. The molecule has 146 valence electrons. The summed E-state index contributed by atoms with van der Waals surface area (Å²) in [6.07, 6.45) is 0.549. The third-order valence-corrected chi connectivity index (χ3v) is 4.95. The zero-order valence-electron chi connectivity index (χ0n) is 16.3. The Hall–Kier alpha value is -3.00. The number of benzene rings is 1. The van der Waals surface area contributed by atoms with E-state index in [1.165, 1.54) is 0 Å². The van der Waals surface area contributed by atoms with Crippen molar-refractivity contribution in [2.24, 2.45) is 0 Å². The zero-order valence-corrected chi connectivity index (χ0v) is 16.3. The number of fused-ring (bicyclic) bond motifs is 1. The summed E-state index contributed by atoms with van der Waals surface area (Å²) >= 11 is 0. The van der Waals surface area contributed by atoms with Crippen molar-refractivity contribution in [2.45, 2.75) is 32.9 Å². The third kappa shape index (κ3) is 3.31. The molecular weight excluding hydrogens is 358 g/mol. The van der Waals surface area contributed by atoms with Crippen molar-refractivity contribution >= 4 is 5.91 Å². The van der Waals surface area contributed by atoms with Crippen LogP contribution in [0.15, 0.2) is 34.7 Å². The Kier molecular flexibility index (Phi) is 4.95. The van der Waals surface area contributed by atoms with Gasteiger partial charge >= 0.3 is 0 Å². The van der Waals surface area contributed by atoms with Crippen LogP contribution >= 0.6 is 0 Å². The summed E-state index contributed by atoms with van der Waals surface area (Å²) in [5.41, 5.74) is 1.81. The van der Waals surface area contributed by atoms with E-state index in [0.717, 1.165) is 17.1 Å². The third-order valence-electron chi connectivity index (χ3n) is 4.95. The van der Waals surface area contributed by atoms with E-state index in [0.29, 0.717) is 43.6 Å². The van der Waals surface area contributed by atoms with Gasteiger partial charge in [0.1, 0.15) is 6.04 Å². The van der Waals surface area contributed by atoms with Crippen LogP contribution in [0.25, 0.3) is 11.6 Å². The first-order valence-electron chi connectivity index (χ1n) is 9.28. The molecular formula is C20H23N5O3. The van der Waals surface area contributed by atoms with Crippen molar-refractivity contribution in [1.82, 2.24) is 24.6 Å². The summed E-state index contributed by atoms with van der Waals surface area (Å²) in [6.45, 7) is 5.05. The largest absolute Gasteiger partial charge is 0.437 e. The van der Waals surface area contributed by atoms with Crippen molar-refractivity contribution in [3.8, 4) is 11.6 Å². The van der Waals surface area contributed by atoms with E-state index in [9.17, 15) is 4.79 Å². The van der Waals surface area contributed by atoms with Crippen LogP contribution in [0, 0.1) is 13.8 Å². The Morgan fingerprint density at radius 3 is 2.68 bits per heavy atom. The number of methoxy groups -OCH3 is 1. The first-order valence-corrected chi connectivity index (χ1v) is 9.28. The van der Waals surface area contributed by atoms with E-state index in [1.54, 1.807) is 18.9 Å². The normalized spacial score (nSPS) is 16.5. The number of amides is 1. The molecule has 1 atom stereocenters. The molecule has 8 nitrogen and oxygen atoms in total. The van der Waals surface area contributed by atoms with Gasteiger partial charge in [0.25, 0.3) is 0 Å². The molecule has 1 aliphatic heterocycles. The maximum atomic E-state index is 13.3. The van der Waals surface area contributed by atoms with Gasteiger partial charge in [0.2, 0.25) is 11.7 Å². The Balaban J connectivity index is 1.78. The van der Waals surface area contributed by atoms with Crippen LogP contribution in [0.4, 0.5) is 0 Å². The van der Waals surface area contributed by atoms with Gasteiger partial charge in [-0.3, -0.25) is 9.36 Å². The standard InChI is InChI=1S/C20H23N5O3/c1-13-18(28-14(2)21-13)19-23-22-17-12-24(9-10-27-3)20(26)16(25(17)19)11-15-7-5-4-6-8-15/h4-8,16H,9-12H2,1-3H3/t16-/m1/s1. The minimum Gasteiger partial charge on any atom is -0.437 e. The van der Waals surface area contributed by atoms with Crippen molar-refractivity contribution in [2.75, 3.05) is 20.3 Å². The molecule has 0 spiro atoms. The number of hydrogen-bond acceptors (Lipinski definition) is 6. The second kappa shape index (κ2) is 7.55. The van der Waals surface area contributed by atoms with Gasteiger partial charge in [-0.1, -0.05) is 30.3 Å². The van der Waals surface area contributed by atoms with E-state index in [4.69, 9.17) is 9.15 Å². The molecule has 0 radical (unpaired) electrons. The maximum absolute atomic E-state index is 13.3. The number of oxazole rings is 1. The first-order chi connectivity index (χ1) is 13.6.